The summed E-state index contributed by atoms with van der Waals surface area (Å²) in [5, 5.41) is 3.57. The van der Waals surface area contributed by atoms with Crippen LogP contribution in [0.15, 0.2) is 42.6 Å². The molecule has 132 valence electrons. The quantitative estimate of drug-likeness (QED) is 0.892. The van der Waals surface area contributed by atoms with E-state index < -0.39 is 0 Å². The van der Waals surface area contributed by atoms with Crippen molar-refractivity contribution in [1.82, 2.24) is 15.2 Å². The minimum Gasteiger partial charge on any atom is -0.368 e. The molecule has 0 aliphatic carbocycles. The van der Waals surface area contributed by atoms with Crippen molar-refractivity contribution in [3.63, 3.8) is 0 Å². The van der Waals surface area contributed by atoms with E-state index in [9.17, 15) is 4.79 Å². The van der Waals surface area contributed by atoms with E-state index in [1.807, 2.05) is 30.3 Å². The lowest BCUT2D eigenvalue weighted by Gasteiger charge is -2.35. The highest BCUT2D eigenvalue weighted by atomic mass is 35.5. The van der Waals surface area contributed by atoms with Crippen LogP contribution in [0.3, 0.4) is 0 Å². The van der Waals surface area contributed by atoms with E-state index in [2.05, 4.69) is 27.0 Å². The average molecular weight is 359 g/mol. The largest absolute Gasteiger partial charge is 0.368 e. The van der Waals surface area contributed by atoms with Gasteiger partial charge in [-0.05, 0) is 36.4 Å². The van der Waals surface area contributed by atoms with E-state index in [1.54, 1.807) is 12.3 Å². The number of hydrogen-bond donors (Lipinski definition) is 1. The minimum atomic E-state index is -0.169. The molecule has 1 aliphatic rings. The minimum absolute atomic E-state index is 0.169. The Morgan fingerprint density at radius 2 is 1.84 bits per heavy atom. The molecule has 1 amide bonds. The third kappa shape index (κ3) is 4.71. The summed E-state index contributed by atoms with van der Waals surface area (Å²) in [5.41, 5.74) is 2.51. The maximum Gasteiger partial charge on any atom is 0.270 e. The summed E-state index contributed by atoms with van der Waals surface area (Å²) in [4.78, 5) is 21.3. The van der Waals surface area contributed by atoms with Crippen LogP contribution in [0.1, 0.15) is 23.0 Å². The molecular weight excluding hydrogens is 336 g/mol. The van der Waals surface area contributed by atoms with Crippen molar-refractivity contribution in [2.75, 3.05) is 37.6 Å². The van der Waals surface area contributed by atoms with Gasteiger partial charge >= 0.3 is 0 Å². The molecule has 0 atom stereocenters. The van der Waals surface area contributed by atoms with Crippen molar-refractivity contribution in [2.24, 2.45) is 0 Å². The molecule has 6 heteroatoms. The molecule has 1 aliphatic heterocycles. The van der Waals surface area contributed by atoms with E-state index in [-0.39, 0.29) is 5.91 Å². The van der Waals surface area contributed by atoms with Gasteiger partial charge in [0.05, 0.1) is 11.9 Å². The van der Waals surface area contributed by atoms with Gasteiger partial charge in [0, 0.05) is 37.7 Å². The predicted molar refractivity (Wildman–Crippen MR) is 101 cm³/mol. The van der Waals surface area contributed by atoms with Crippen LogP contribution in [0.5, 0.6) is 0 Å². The number of halogens is 1. The third-order valence-corrected chi connectivity index (χ3v) is 4.78. The van der Waals surface area contributed by atoms with Crippen molar-refractivity contribution in [1.29, 1.82) is 0 Å². The second-order valence-electron chi connectivity index (χ2n) is 6.13. The number of carbonyl (C=O) groups excluding carboxylic acids is 1. The van der Waals surface area contributed by atoms with Crippen molar-refractivity contribution in [2.45, 2.75) is 13.5 Å². The van der Waals surface area contributed by atoms with Crippen LogP contribution in [0.25, 0.3) is 0 Å². The second kappa shape index (κ2) is 8.32. The van der Waals surface area contributed by atoms with Crippen molar-refractivity contribution in [3.05, 3.63) is 58.9 Å². The van der Waals surface area contributed by atoms with E-state index in [0.29, 0.717) is 17.3 Å². The molecule has 1 aromatic heterocycles. The molecule has 1 fully saturated rings. The lowest BCUT2D eigenvalue weighted by atomic mass is 10.2. The number of pyridine rings is 1. The van der Waals surface area contributed by atoms with Gasteiger partial charge in [-0.3, -0.25) is 4.79 Å². The molecule has 3 rings (SSSR count). The maximum atomic E-state index is 12.2. The van der Waals surface area contributed by atoms with Gasteiger partial charge in [0.1, 0.15) is 5.69 Å². The summed E-state index contributed by atoms with van der Waals surface area (Å²) in [7, 11) is 0. The normalized spacial score (nSPS) is 15.2. The average Bonchev–Trinajstić information content (AvgIpc) is 2.67. The number of nitrogens with one attached hydrogen (secondary N) is 1. The summed E-state index contributed by atoms with van der Waals surface area (Å²) in [6.45, 7) is 7.88. The Morgan fingerprint density at radius 3 is 2.44 bits per heavy atom. The summed E-state index contributed by atoms with van der Waals surface area (Å²) >= 11 is 5.86. The summed E-state index contributed by atoms with van der Waals surface area (Å²) < 4.78 is 0. The number of nitrogens with zero attached hydrogens (tertiary/aromatic N) is 3. The van der Waals surface area contributed by atoms with Gasteiger partial charge in [-0.25, -0.2) is 4.98 Å². The first kappa shape index (κ1) is 17.7. The molecule has 25 heavy (non-hydrogen) atoms. The molecule has 1 N–H and O–H groups in total. The standard InChI is InChI=1S/C19H23ClN4O/c1-2-23-9-11-24(12-10-23)17-7-8-18(21-14-17)19(25)22-13-15-3-5-16(20)6-4-15/h3-8,14H,2,9-13H2,1H3,(H,22,25). The topological polar surface area (TPSA) is 48.5 Å². The Morgan fingerprint density at radius 1 is 1.12 bits per heavy atom. The maximum absolute atomic E-state index is 12.2. The molecule has 0 radical (unpaired) electrons. The Kier molecular flexibility index (Phi) is 5.89. The fraction of sp³-hybridized carbons (Fsp3) is 0.368. The van der Waals surface area contributed by atoms with Crippen LogP contribution in [0.2, 0.25) is 5.02 Å². The lowest BCUT2D eigenvalue weighted by molar-refractivity contribution is 0.0946. The third-order valence-electron chi connectivity index (χ3n) is 4.53. The Bertz CT molecular complexity index is 694. The van der Waals surface area contributed by atoms with Crippen LogP contribution in [-0.2, 0) is 6.54 Å². The number of likely N-dealkylation sites (N-methyl/N-ethyl adjacent to an activating group) is 1. The predicted octanol–water partition coefficient (Wildman–Crippen LogP) is 2.81. The molecule has 0 spiro atoms. The van der Waals surface area contributed by atoms with Crippen LogP contribution >= 0.6 is 11.6 Å². The molecule has 0 saturated carbocycles. The number of piperazine rings is 1. The highest BCUT2D eigenvalue weighted by Crippen LogP contribution is 2.16. The number of carbonyl (C=O) groups is 1. The molecule has 0 bridgehead atoms. The number of amides is 1. The first-order chi connectivity index (χ1) is 12.2. The molecule has 1 saturated heterocycles. The van der Waals surface area contributed by atoms with Gasteiger partial charge in [0.25, 0.3) is 5.91 Å². The van der Waals surface area contributed by atoms with E-state index >= 15 is 0 Å². The van der Waals surface area contributed by atoms with Gasteiger partial charge in [-0.15, -0.1) is 0 Å². The van der Waals surface area contributed by atoms with Gasteiger partial charge in [-0.2, -0.15) is 0 Å². The van der Waals surface area contributed by atoms with Crippen LogP contribution in [0, 0.1) is 0 Å². The fourth-order valence-corrected chi connectivity index (χ4v) is 3.03. The Labute approximate surface area is 153 Å². The smallest absolute Gasteiger partial charge is 0.270 e. The van der Waals surface area contributed by atoms with Crippen LogP contribution in [-0.4, -0.2) is 48.5 Å². The second-order valence-corrected chi connectivity index (χ2v) is 6.57. The van der Waals surface area contributed by atoms with Crippen molar-refractivity contribution in [3.8, 4) is 0 Å². The van der Waals surface area contributed by atoms with Gasteiger partial charge in [-0.1, -0.05) is 30.7 Å². The molecule has 5 nitrogen and oxygen atoms in total. The van der Waals surface area contributed by atoms with Gasteiger partial charge < -0.3 is 15.1 Å². The SMILES string of the molecule is CCN1CCN(c2ccc(C(=O)NCc3ccc(Cl)cc3)nc2)CC1. The Hall–Kier alpha value is -2.11. The number of benzene rings is 1. The van der Waals surface area contributed by atoms with Gasteiger partial charge in [0.15, 0.2) is 0 Å². The van der Waals surface area contributed by atoms with E-state index in [4.69, 9.17) is 11.6 Å². The lowest BCUT2D eigenvalue weighted by Crippen LogP contribution is -2.46. The molecule has 2 aromatic rings. The zero-order valence-corrected chi connectivity index (χ0v) is 15.2. The highest BCUT2D eigenvalue weighted by molar-refractivity contribution is 6.30. The molecule has 1 aromatic carbocycles. The first-order valence-corrected chi connectivity index (χ1v) is 8.99. The number of aromatic nitrogens is 1. The first-order valence-electron chi connectivity index (χ1n) is 8.61. The zero-order chi connectivity index (χ0) is 17.6. The highest BCUT2D eigenvalue weighted by Gasteiger charge is 2.16. The van der Waals surface area contributed by atoms with Crippen molar-refractivity contribution >= 4 is 23.2 Å². The Balaban J connectivity index is 1.54. The van der Waals surface area contributed by atoms with Crippen LogP contribution < -0.4 is 10.2 Å². The fourth-order valence-electron chi connectivity index (χ4n) is 2.90. The van der Waals surface area contributed by atoms with E-state index in [1.165, 1.54) is 0 Å². The number of hydrogen-bond acceptors (Lipinski definition) is 4. The summed E-state index contributed by atoms with van der Waals surface area (Å²) in [6, 6.07) is 11.2. The summed E-state index contributed by atoms with van der Waals surface area (Å²) in [6.07, 6.45) is 1.79. The molecule has 2 heterocycles. The number of anilines is 1. The summed E-state index contributed by atoms with van der Waals surface area (Å²) in [5.74, 6) is -0.169. The van der Waals surface area contributed by atoms with Crippen LogP contribution in [0.4, 0.5) is 5.69 Å². The van der Waals surface area contributed by atoms with E-state index in [0.717, 1.165) is 44.0 Å². The monoisotopic (exact) mass is 358 g/mol. The molecule has 0 unspecified atom stereocenters. The number of rotatable bonds is 5. The van der Waals surface area contributed by atoms with Gasteiger partial charge in [0.2, 0.25) is 0 Å². The zero-order valence-electron chi connectivity index (χ0n) is 14.4. The molecular formula is C19H23ClN4O. The van der Waals surface area contributed by atoms with Crippen molar-refractivity contribution < 1.29 is 4.79 Å².